The van der Waals surface area contributed by atoms with Crippen LogP contribution in [-0.4, -0.2) is 21.0 Å². The number of fused-ring (bicyclic) bond motifs is 1. The van der Waals surface area contributed by atoms with Crippen LogP contribution in [0, 0.1) is 0 Å². The summed E-state index contributed by atoms with van der Waals surface area (Å²) in [6.45, 7) is 0. The predicted molar refractivity (Wildman–Crippen MR) is 81.2 cm³/mol. The van der Waals surface area contributed by atoms with Gasteiger partial charge in [0.25, 0.3) is 0 Å². The van der Waals surface area contributed by atoms with Gasteiger partial charge in [0.05, 0.1) is 16.2 Å². The third kappa shape index (κ3) is 2.51. The minimum absolute atomic E-state index is 0.0940. The topological polar surface area (TPSA) is 75.1 Å². The summed E-state index contributed by atoms with van der Waals surface area (Å²) in [4.78, 5) is 19.6. The van der Waals surface area contributed by atoms with E-state index in [9.17, 15) is 9.90 Å². The Balaban J connectivity index is 2.11. The minimum Gasteiger partial charge on any atom is -0.478 e. The average molecular weight is 300 g/mol. The Morgan fingerprint density at radius 1 is 1.10 bits per heavy atom. The van der Waals surface area contributed by atoms with Crippen molar-refractivity contribution in [2.45, 2.75) is 0 Å². The molecular weight excluding hydrogens is 290 g/mol. The molecule has 0 aliphatic rings. The second-order valence-electron chi connectivity index (χ2n) is 4.32. The van der Waals surface area contributed by atoms with Gasteiger partial charge in [-0.15, -0.1) is 0 Å². The molecule has 0 saturated carbocycles. The zero-order chi connectivity index (χ0) is 14.8. The molecule has 104 valence electrons. The largest absolute Gasteiger partial charge is 0.478 e. The second kappa shape index (κ2) is 5.38. The molecule has 2 N–H and O–H groups in total. The molecule has 1 aromatic carbocycles. The Labute approximate surface area is 125 Å². The number of aromatic carboxylic acids is 1. The number of aromatic nitrogens is 2. The van der Waals surface area contributed by atoms with Crippen molar-refractivity contribution >= 4 is 40.0 Å². The molecule has 0 atom stereocenters. The van der Waals surface area contributed by atoms with Gasteiger partial charge in [0.15, 0.2) is 0 Å². The Morgan fingerprint density at radius 3 is 2.67 bits per heavy atom. The molecule has 0 fully saturated rings. The van der Waals surface area contributed by atoms with Crippen LogP contribution in [0.15, 0.2) is 48.8 Å². The van der Waals surface area contributed by atoms with E-state index in [2.05, 4.69) is 15.3 Å². The number of benzene rings is 1. The van der Waals surface area contributed by atoms with Crippen molar-refractivity contribution in [3.63, 3.8) is 0 Å². The van der Waals surface area contributed by atoms with Crippen LogP contribution in [0.4, 0.5) is 11.5 Å². The number of nitrogens with one attached hydrogen (secondary N) is 1. The first-order valence-electron chi connectivity index (χ1n) is 6.15. The molecule has 5 nitrogen and oxygen atoms in total. The molecule has 0 saturated heterocycles. The number of anilines is 2. The van der Waals surface area contributed by atoms with Crippen LogP contribution >= 0.6 is 11.6 Å². The zero-order valence-electron chi connectivity index (χ0n) is 10.7. The summed E-state index contributed by atoms with van der Waals surface area (Å²) in [5.41, 5.74) is 1.40. The zero-order valence-corrected chi connectivity index (χ0v) is 11.5. The smallest absolute Gasteiger partial charge is 0.339 e. The highest BCUT2D eigenvalue weighted by molar-refractivity contribution is 6.35. The number of rotatable bonds is 3. The summed E-state index contributed by atoms with van der Waals surface area (Å²) >= 11 is 6.14. The standard InChI is InChI=1S/C15H10ClN3O2/c16-11-5-6-12(13-9(11)3-1-7-17-13)19-14-10(15(20)21)4-2-8-18-14/h1-8H,(H,18,19)(H,20,21). The Morgan fingerprint density at radius 2 is 1.86 bits per heavy atom. The number of halogens is 1. The van der Waals surface area contributed by atoms with Gasteiger partial charge in [0.2, 0.25) is 0 Å². The van der Waals surface area contributed by atoms with Crippen LogP contribution in [0.5, 0.6) is 0 Å². The third-order valence-corrected chi connectivity index (χ3v) is 3.34. The van der Waals surface area contributed by atoms with Crippen LogP contribution in [-0.2, 0) is 0 Å². The summed E-state index contributed by atoms with van der Waals surface area (Å²) in [7, 11) is 0. The summed E-state index contributed by atoms with van der Waals surface area (Å²) in [6.07, 6.45) is 3.18. The molecule has 6 heteroatoms. The monoisotopic (exact) mass is 299 g/mol. The maximum absolute atomic E-state index is 11.2. The summed E-state index contributed by atoms with van der Waals surface area (Å²) in [6, 6.07) is 10.2. The fourth-order valence-electron chi connectivity index (χ4n) is 2.04. The number of pyridine rings is 2. The summed E-state index contributed by atoms with van der Waals surface area (Å²) in [5.74, 6) is -0.781. The number of carboxylic acid groups (broad SMARTS) is 1. The van der Waals surface area contributed by atoms with E-state index in [0.29, 0.717) is 16.2 Å². The Kier molecular flexibility index (Phi) is 3.41. The van der Waals surface area contributed by atoms with Crippen molar-refractivity contribution < 1.29 is 9.90 Å². The van der Waals surface area contributed by atoms with Gasteiger partial charge in [-0.1, -0.05) is 11.6 Å². The first-order valence-corrected chi connectivity index (χ1v) is 6.53. The number of carbonyl (C=O) groups is 1. The maximum atomic E-state index is 11.2. The van der Waals surface area contributed by atoms with Gasteiger partial charge in [-0.2, -0.15) is 0 Å². The van der Waals surface area contributed by atoms with E-state index in [1.807, 2.05) is 6.07 Å². The fourth-order valence-corrected chi connectivity index (χ4v) is 2.26. The molecule has 0 bridgehead atoms. The van der Waals surface area contributed by atoms with Crippen LogP contribution in [0.25, 0.3) is 10.9 Å². The molecular formula is C15H10ClN3O2. The number of hydrogen-bond acceptors (Lipinski definition) is 4. The highest BCUT2D eigenvalue weighted by atomic mass is 35.5. The highest BCUT2D eigenvalue weighted by Crippen LogP contribution is 2.30. The Bertz CT molecular complexity index is 836. The molecule has 2 heterocycles. The van der Waals surface area contributed by atoms with Crippen molar-refractivity contribution in [3.05, 3.63) is 59.4 Å². The lowest BCUT2D eigenvalue weighted by molar-refractivity contribution is 0.0697. The number of carboxylic acids is 1. The van der Waals surface area contributed by atoms with Gasteiger partial charge in [0.1, 0.15) is 11.4 Å². The maximum Gasteiger partial charge on any atom is 0.339 e. The Hall–Kier alpha value is -2.66. The highest BCUT2D eigenvalue weighted by Gasteiger charge is 2.12. The molecule has 0 radical (unpaired) electrons. The van der Waals surface area contributed by atoms with Crippen LogP contribution in [0.3, 0.4) is 0 Å². The van der Waals surface area contributed by atoms with Crippen molar-refractivity contribution in [1.82, 2.24) is 9.97 Å². The van der Waals surface area contributed by atoms with E-state index in [1.54, 1.807) is 30.5 Å². The van der Waals surface area contributed by atoms with Crippen LogP contribution in [0.1, 0.15) is 10.4 Å². The number of nitrogens with zero attached hydrogens (tertiary/aromatic N) is 2. The van der Waals surface area contributed by atoms with Gasteiger partial charge >= 0.3 is 5.97 Å². The normalized spacial score (nSPS) is 10.5. The van der Waals surface area contributed by atoms with E-state index >= 15 is 0 Å². The van der Waals surface area contributed by atoms with Gasteiger partial charge in [0, 0.05) is 17.8 Å². The molecule has 3 rings (SSSR count). The molecule has 0 spiro atoms. The van der Waals surface area contributed by atoms with Crippen LogP contribution in [0.2, 0.25) is 5.02 Å². The van der Waals surface area contributed by atoms with Gasteiger partial charge in [-0.05, 0) is 36.4 Å². The summed E-state index contributed by atoms with van der Waals surface area (Å²) < 4.78 is 0. The quantitative estimate of drug-likeness (QED) is 0.771. The molecule has 0 aliphatic carbocycles. The van der Waals surface area contributed by atoms with Crippen molar-refractivity contribution in [1.29, 1.82) is 0 Å². The van der Waals surface area contributed by atoms with Gasteiger partial charge in [-0.3, -0.25) is 4.98 Å². The van der Waals surface area contributed by atoms with E-state index < -0.39 is 5.97 Å². The second-order valence-corrected chi connectivity index (χ2v) is 4.73. The SMILES string of the molecule is O=C(O)c1cccnc1Nc1ccc(Cl)c2cccnc12. The molecule has 0 aliphatic heterocycles. The summed E-state index contributed by atoms with van der Waals surface area (Å²) in [5, 5.41) is 13.6. The van der Waals surface area contributed by atoms with Crippen molar-refractivity contribution in [2.24, 2.45) is 0 Å². The molecule has 21 heavy (non-hydrogen) atoms. The van der Waals surface area contributed by atoms with E-state index in [1.165, 1.54) is 12.3 Å². The first kappa shape index (κ1) is 13.3. The van der Waals surface area contributed by atoms with Crippen molar-refractivity contribution in [2.75, 3.05) is 5.32 Å². The lowest BCUT2D eigenvalue weighted by atomic mass is 10.2. The lowest BCUT2D eigenvalue weighted by Gasteiger charge is -2.11. The first-order chi connectivity index (χ1) is 10.2. The average Bonchev–Trinajstić information content (AvgIpc) is 2.51. The number of hydrogen-bond donors (Lipinski definition) is 2. The van der Waals surface area contributed by atoms with E-state index in [-0.39, 0.29) is 11.4 Å². The molecule has 0 unspecified atom stereocenters. The minimum atomic E-state index is -1.04. The fraction of sp³-hybridized carbons (Fsp3) is 0. The van der Waals surface area contributed by atoms with Gasteiger partial charge in [-0.25, -0.2) is 9.78 Å². The van der Waals surface area contributed by atoms with E-state index in [0.717, 1.165) is 5.39 Å². The van der Waals surface area contributed by atoms with Crippen LogP contribution < -0.4 is 5.32 Å². The van der Waals surface area contributed by atoms with E-state index in [4.69, 9.17) is 11.6 Å². The lowest BCUT2D eigenvalue weighted by Crippen LogP contribution is -2.04. The molecule has 2 aromatic heterocycles. The van der Waals surface area contributed by atoms with Crippen molar-refractivity contribution in [3.8, 4) is 0 Å². The van der Waals surface area contributed by atoms with Gasteiger partial charge < -0.3 is 10.4 Å². The third-order valence-electron chi connectivity index (χ3n) is 3.01. The predicted octanol–water partition coefficient (Wildman–Crippen LogP) is 3.73. The molecule has 0 amide bonds. The molecule has 3 aromatic rings.